The van der Waals surface area contributed by atoms with Crippen molar-refractivity contribution in [2.24, 2.45) is 5.10 Å². The fourth-order valence-corrected chi connectivity index (χ4v) is 3.99. The van der Waals surface area contributed by atoms with E-state index in [2.05, 4.69) is 46.7 Å². The molecule has 0 unspecified atom stereocenters. The zero-order valence-corrected chi connectivity index (χ0v) is 18.0. The molecule has 2 aromatic heterocycles. The number of para-hydroxylation sites is 1. The van der Waals surface area contributed by atoms with E-state index in [4.69, 9.17) is 5.10 Å². The first-order chi connectivity index (χ1) is 15.1. The van der Waals surface area contributed by atoms with Gasteiger partial charge in [-0.3, -0.25) is 9.78 Å². The van der Waals surface area contributed by atoms with E-state index >= 15 is 0 Å². The smallest absolute Gasteiger partial charge is 0.267 e. The van der Waals surface area contributed by atoms with Crippen molar-refractivity contribution >= 4 is 23.9 Å². The molecule has 7 heteroatoms. The second-order valence-electron chi connectivity index (χ2n) is 6.90. The molecule has 6 nitrogen and oxygen atoms in total. The number of hydrogen-bond donors (Lipinski definition) is 1. The number of rotatable bonds is 6. The molecule has 31 heavy (non-hydrogen) atoms. The van der Waals surface area contributed by atoms with Crippen LogP contribution in [0.1, 0.15) is 27.2 Å². The molecule has 1 amide bonds. The summed E-state index contributed by atoms with van der Waals surface area (Å²) < 4.78 is 1.91. The van der Waals surface area contributed by atoms with Gasteiger partial charge in [0.05, 0.1) is 23.2 Å². The molecule has 0 aliphatic rings. The number of benzene rings is 2. The van der Waals surface area contributed by atoms with Crippen LogP contribution in [0.15, 0.2) is 94.1 Å². The standard InChI is InChI=1S/C24H21N5OS/c1-17-8-10-21(11-9-17)31-24-22(16-26-27-23(30)19-12-14-25-15-13-19)18(2)28-29(24)20-6-4-3-5-7-20/h3-16H,1-2H3,(H,27,30)/b26-16-. The molecule has 0 spiro atoms. The van der Waals surface area contributed by atoms with E-state index < -0.39 is 0 Å². The summed E-state index contributed by atoms with van der Waals surface area (Å²) in [4.78, 5) is 17.3. The van der Waals surface area contributed by atoms with E-state index in [1.165, 1.54) is 5.56 Å². The fourth-order valence-electron chi connectivity index (χ4n) is 2.95. The summed E-state index contributed by atoms with van der Waals surface area (Å²) in [7, 11) is 0. The highest BCUT2D eigenvalue weighted by atomic mass is 32.2. The average molecular weight is 428 g/mol. The lowest BCUT2D eigenvalue weighted by Crippen LogP contribution is -2.17. The van der Waals surface area contributed by atoms with Gasteiger partial charge < -0.3 is 0 Å². The van der Waals surface area contributed by atoms with Crippen LogP contribution >= 0.6 is 11.8 Å². The third-order valence-corrected chi connectivity index (χ3v) is 5.70. The van der Waals surface area contributed by atoms with E-state index in [9.17, 15) is 4.79 Å². The Labute approximate surface area is 185 Å². The molecular weight excluding hydrogens is 406 g/mol. The Morgan fingerprint density at radius 2 is 1.71 bits per heavy atom. The van der Waals surface area contributed by atoms with Crippen molar-refractivity contribution < 1.29 is 4.79 Å². The molecule has 154 valence electrons. The number of aryl methyl sites for hydroxylation is 2. The summed E-state index contributed by atoms with van der Waals surface area (Å²) in [6.07, 6.45) is 4.80. The first-order valence-corrected chi connectivity index (χ1v) is 10.6. The summed E-state index contributed by atoms with van der Waals surface area (Å²) >= 11 is 1.61. The van der Waals surface area contributed by atoms with Gasteiger partial charge in [-0.2, -0.15) is 10.2 Å². The highest BCUT2D eigenvalue weighted by Gasteiger charge is 2.17. The lowest BCUT2D eigenvalue weighted by Gasteiger charge is -2.08. The molecule has 0 fully saturated rings. The van der Waals surface area contributed by atoms with Gasteiger partial charge in [0, 0.05) is 22.9 Å². The number of carbonyl (C=O) groups excluding carboxylic acids is 1. The lowest BCUT2D eigenvalue weighted by molar-refractivity contribution is 0.0955. The van der Waals surface area contributed by atoms with Crippen LogP contribution in [0, 0.1) is 13.8 Å². The normalized spacial score (nSPS) is 11.0. The van der Waals surface area contributed by atoms with E-state index in [1.54, 1.807) is 42.5 Å². The van der Waals surface area contributed by atoms with E-state index in [-0.39, 0.29) is 5.91 Å². The minimum Gasteiger partial charge on any atom is -0.267 e. The number of aromatic nitrogens is 3. The maximum absolute atomic E-state index is 12.3. The zero-order chi connectivity index (χ0) is 21.6. The van der Waals surface area contributed by atoms with Crippen molar-refractivity contribution in [1.82, 2.24) is 20.2 Å². The molecule has 4 rings (SSSR count). The number of hydrazone groups is 1. The molecule has 0 aliphatic carbocycles. The third kappa shape index (κ3) is 4.90. The fraction of sp³-hybridized carbons (Fsp3) is 0.0833. The zero-order valence-electron chi connectivity index (χ0n) is 17.2. The molecule has 0 aliphatic heterocycles. The second-order valence-corrected chi connectivity index (χ2v) is 7.96. The Bertz CT molecular complexity index is 1200. The van der Waals surface area contributed by atoms with Gasteiger partial charge in [-0.05, 0) is 50.2 Å². The summed E-state index contributed by atoms with van der Waals surface area (Å²) in [5, 5.41) is 9.85. The quantitative estimate of drug-likeness (QED) is 0.354. The van der Waals surface area contributed by atoms with Crippen molar-refractivity contribution in [3.63, 3.8) is 0 Å². The first-order valence-electron chi connectivity index (χ1n) is 9.75. The molecule has 0 saturated heterocycles. The summed E-state index contributed by atoms with van der Waals surface area (Å²) in [5.74, 6) is -0.292. The van der Waals surface area contributed by atoms with Crippen LogP contribution < -0.4 is 5.43 Å². The molecule has 2 aromatic carbocycles. The molecule has 0 radical (unpaired) electrons. The van der Waals surface area contributed by atoms with Gasteiger partial charge in [0.2, 0.25) is 0 Å². The Kier molecular flexibility index (Phi) is 6.24. The third-order valence-electron chi connectivity index (χ3n) is 4.60. The molecule has 0 atom stereocenters. The number of pyridine rings is 1. The largest absolute Gasteiger partial charge is 0.271 e. The summed E-state index contributed by atoms with van der Waals surface area (Å²) in [6, 6.07) is 21.6. The van der Waals surface area contributed by atoms with Crippen LogP contribution in [0.25, 0.3) is 5.69 Å². The van der Waals surface area contributed by atoms with Gasteiger partial charge in [0.25, 0.3) is 5.91 Å². The van der Waals surface area contributed by atoms with Gasteiger partial charge in [0.1, 0.15) is 5.03 Å². The topological polar surface area (TPSA) is 72.2 Å². The van der Waals surface area contributed by atoms with Crippen molar-refractivity contribution in [3.05, 3.63) is 102 Å². The maximum Gasteiger partial charge on any atom is 0.271 e. The van der Waals surface area contributed by atoms with Crippen LogP contribution in [-0.4, -0.2) is 26.9 Å². The number of carbonyl (C=O) groups is 1. The van der Waals surface area contributed by atoms with Crippen LogP contribution in [0.2, 0.25) is 0 Å². The van der Waals surface area contributed by atoms with Gasteiger partial charge in [-0.15, -0.1) is 0 Å². The van der Waals surface area contributed by atoms with Gasteiger partial charge in [-0.25, -0.2) is 10.1 Å². The van der Waals surface area contributed by atoms with Gasteiger partial charge in [-0.1, -0.05) is 47.7 Å². The monoisotopic (exact) mass is 427 g/mol. The maximum atomic E-state index is 12.3. The predicted molar refractivity (Wildman–Crippen MR) is 123 cm³/mol. The minimum atomic E-state index is -0.292. The highest BCUT2D eigenvalue weighted by molar-refractivity contribution is 7.99. The van der Waals surface area contributed by atoms with Crippen molar-refractivity contribution in [1.29, 1.82) is 0 Å². The number of nitrogens with one attached hydrogen (secondary N) is 1. The van der Waals surface area contributed by atoms with Crippen molar-refractivity contribution in [3.8, 4) is 5.69 Å². The highest BCUT2D eigenvalue weighted by Crippen LogP contribution is 2.33. The van der Waals surface area contributed by atoms with E-state index in [0.29, 0.717) is 5.56 Å². The van der Waals surface area contributed by atoms with E-state index in [0.717, 1.165) is 26.9 Å². The van der Waals surface area contributed by atoms with Gasteiger partial charge >= 0.3 is 0 Å². The Morgan fingerprint density at radius 3 is 2.42 bits per heavy atom. The number of nitrogens with zero attached hydrogens (tertiary/aromatic N) is 4. The van der Waals surface area contributed by atoms with Crippen molar-refractivity contribution in [2.45, 2.75) is 23.8 Å². The van der Waals surface area contributed by atoms with Crippen LogP contribution in [0.3, 0.4) is 0 Å². The van der Waals surface area contributed by atoms with Gasteiger partial charge in [0.15, 0.2) is 0 Å². The molecular formula is C24H21N5OS. The SMILES string of the molecule is Cc1ccc(Sc2c(/C=N\NC(=O)c3ccncc3)c(C)nn2-c2ccccc2)cc1. The summed E-state index contributed by atoms with van der Waals surface area (Å²) in [5.41, 5.74) is 6.91. The molecule has 2 heterocycles. The average Bonchev–Trinajstić information content (AvgIpc) is 3.11. The minimum absolute atomic E-state index is 0.292. The summed E-state index contributed by atoms with van der Waals surface area (Å²) in [6.45, 7) is 4.00. The molecule has 4 aromatic rings. The Hall–Kier alpha value is -3.71. The Balaban J connectivity index is 1.66. The lowest BCUT2D eigenvalue weighted by atomic mass is 10.2. The number of amides is 1. The van der Waals surface area contributed by atoms with Crippen LogP contribution in [0.5, 0.6) is 0 Å². The molecule has 0 saturated carbocycles. The van der Waals surface area contributed by atoms with Crippen LogP contribution in [-0.2, 0) is 0 Å². The van der Waals surface area contributed by atoms with Crippen molar-refractivity contribution in [2.75, 3.05) is 0 Å². The predicted octanol–water partition coefficient (Wildman–Crippen LogP) is 4.80. The van der Waals surface area contributed by atoms with Crippen LogP contribution in [0.4, 0.5) is 0 Å². The second kappa shape index (κ2) is 9.40. The van der Waals surface area contributed by atoms with E-state index in [1.807, 2.05) is 41.9 Å². The number of hydrogen-bond acceptors (Lipinski definition) is 5. The molecule has 0 bridgehead atoms. The molecule has 1 N–H and O–H groups in total. The first kappa shape index (κ1) is 20.6. The Morgan fingerprint density at radius 1 is 1.00 bits per heavy atom.